The average Bonchev–Trinajstić information content (AvgIpc) is 2.67. The lowest BCUT2D eigenvalue weighted by atomic mass is 10.2. The first-order chi connectivity index (χ1) is 13.5. The Hall–Kier alpha value is -2.28. The fourth-order valence-corrected chi connectivity index (χ4v) is 2.68. The summed E-state index contributed by atoms with van der Waals surface area (Å²) in [5, 5.41) is 3.73. The summed E-state index contributed by atoms with van der Waals surface area (Å²) in [5.74, 6) is -0.0615. The van der Waals surface area contributed by atoms with E-state index in [2.05, 4.69) is 5.32 Å². The van der Waals surface area contributed by atoms with Gasteiger partial charge in [0.25, 0.3) is 0 Å². The van der Waals surface area contributed by atoms with E-state index in [1.807, 2.05) is 0 Å². The van der Waals surface area contributed by atoms with Crippen LogP contribution in [0.4, 0.5) is 5.69 Å². The minimum absolute atomic E-state index is 0.152. The highest BCUT2D eigenvalue weighted by molar-refractivity contribution is 6.35. The molecule has 1 N–H and O–H groups in total. The molecule has 6 nitrogen and oxygen atoms in total. The van der Waals surface area contributed by atoms with Gasteiger partial charge in [0.05, 0.1) is 23.8 Å². The number of benzene rings is 2. The van der Waals surface area contributed by atoms with Gasteiger partial charge in [-0.15, -0.1) is 0 Å². The fourth-order valence-electron chi connectivity index (χ4n) is 2.22. The summed E-state index contributed by atoms with van der Waals surface area (Å²) in [6.45, 7) is 0.881. The van der Waals surface area contributed by atoms with Crippen LogP contribution in [0.2, 0.25) is 10.0 Å². The zero-order valence-corrected chi connectivity index (χ0v) is 16.9. The van der Waals surface area contributed by atoms with E-state index in [1.54, 1.807) is 42.5 Å². The van der Waals surface area contributed by atoms with Crippen molar-refractivity contribution in [3.05, 3.63) is 58.1 Å². The van der Waals surface area contributed by atoms with Crippen molar-refractivity contribution in [2.75, 3.05) is 32.2 Å². The van der Waals surface area contributed by atoms with Gasteiger partial charge < -0.3 is 19.5 Å². The van der Waals surface area contributed by atoms with Crippen molar-refractivity contribution in [1.82, 2.24) is 0 Å². The molecule has 8 heteroatoms. The van der Waals surface area contributed by atoms with Gasteiger partial charge in [0, 0.05) is 24.2 Å². The van der Waals surface area contributed by atoms with E-state index in [9.17, 15) is 9.59 Å². The van der Waals surface area contributed by atoms with Gasteiger partial charge in [0.15, 0.2) is 0 Å². The minimum Gasteiger partial charge on any atom is -0.492 e. The molecule has 150 valence electrons. The van der Waals surface area contributed by atoms with Crippen LogP contribution in [0.1, 0.15) is 23.2 Å². The summed E-state index contributed by atoms with van der Waals surface area (Å²) in [6, 6.07) is 11.5. The molecule has 0 saturated carbocycles. The van der Waals surface area contributed by atoms with Gasteiger partial charge in [-0.3, -0.25) is 4.79 Å². The van der Waals surface area contributed by atoms with Gasteiger partial charge in [-0.25, -0.2) is 4.79 Å². The monoisotopic (exact) mass is 425 g/mol. The summed E-state index contributed by atoms with van der Waals surface area (Å²) in [7, 11) is 1.53. The predicted octanol–water partition coefficient (Wildman–Crippen LogP) is 4.59. The Morgan fingerprint density at radius 3 is 2.43 bits per heavy atom. The van der Waals surface area contributed by atoms with Crippen LogP contribution in [0.5, 0.6) is 5.75 Å². The van der Waals surface area contributed by atoms with E-state index >= 15 is 0 Å². The van der Waals surface area contributed by atoms with Gasteiger partial charge >= 0.3 is 5.97 Å². The third kappa shape index (κ3) is 7.38. The molecule has 0 bridgehead atoms. The highest BCUT2D eigenvalue weighted by Gasteiger charge is 2.08. The molecule has 0 aliphatic heterocycles. The molecule has 2 aromatic carbocycles. The predicted molar refractivity (Wildman–Crippen MR) is 108 cm³/mol. The Morgan fingerprint density at radius 2 is 1.75 bits per heavy atom. The van der Waals surface area contributed by atoms with Crippen LogP contribution >= 0.6 is 23.2 Å². The second-order valence-electron chi connectivity index (χ2n) is 5.78. The van der Waals surface area contributed by atoms with E-state index in [1.165, 1.54) is 7.11 Å². The zero-order valence-electron chi connectivity index (χ0n) is 15.4. The Labute approximate surface area is 173 Å². The molecular formula is C20H21Cl2NO5. The lowest BCUT2D eigenvalue weighted by Gasteiger charge is -2.09. The Morgan fingerprint density at radius 1 is 1.00 bits per heavy atom. The number of anilines is 1. The van der Waals surface area contributed by atoms with Crippen molar-refractivity contribution in [3.63, 3.8) is 0 Å². The highest BCUT2D eigenvalue weighted by Crippen LogP contribution is 2.27. The van der Waals surface area contributed by atoms with Gasteiger partial charge in [-0.2, -0.15) is 0 Å². The number of carbonyl (C=O) groups is 2. The lowest BCUT2D eigenvalue weighted by molar-refractivity contribution is -0.116. The molecule has 1 amide bonds. The molecular weight excluding hydrogens is 405 g/mol. The SMILES string of the molecule is COCCOC(=O)c1ccc(NC(=O)CCCOc2ccc(Cl)cc2Cl)cc1. The number of amides is 1. The van der Waals surface area contributed by atoms with Crippen molar-refractivity contribution >= 4 is 40.8 Å². The van der Waals surface area contributed by atoms with Crippen molar-refractivity contribution in [3.8, 4) is 5.75 Å². The number of rotatable bonds is 10. The molecule has 0 spiro atoms. The zero-order chi connectivity index (χ0) is 20.4. The van der Waals surface area contributed by atoms with Gasteiger partial charge in [-0.1, -0.05) is 23.2 Å². The van der Waals surface area contributed by atoms with Crippen molar-refractivity contribution < 1.29 is 23.8 Å². The van der Waals surface area contributed by atoms with Crippen LogP contribution in [0.15, 0.2) is 42.5 Å². The summed E-state index contributed by atoms with van der Waals surface area (Å²) < 4.78 is 15.4. The van der Waals surface area contributed by atoms with E-state index in [0.717, 1.165) is 0 Å². The second kappa shape index (κ2) is 11.5. The number of halogens is 2. The van der Waals surface area contributed by atoms with Crippen LogP contribution in [-0.4, -0.2) is 38.8 Å². The normalized spacial score (nSPS) is 10.4. The molecule has 0 unspecified atom stereocenters. The van der Waals surface area contributed by atoms with Gasteiger partial charge in [-0.05, 0) is 48.9 Å². The lowest BCUT2D eigenvalue weighted by Crippen LogP contribution is -2.13. The van der Waals surface area contributed by atoms with Crippen molar-refractivity contribution in [2.24, 2.45) is 0 Å². The topological polar surface area (TPSA) is 73.9 Å². The van der Waals surface area contributed by atoms with Crippen LogP contribution < -0.4 is 10.1 Å². The highest BCUT2D eigenvalue weighted by atomic mass is 35.5. The number of hydrogen-bond acceptors (Lipinski definition) is 5. The van der Waals surface area contributed by atoms with Crippen LogP contribution in [0.25, 0.3) is 0 Å². The molecule has 0 fully saturated rings. The Kier molecular flexibility index (Phi) is 9.07. The summed E-state index contributed by atoms with van der Waals surface area (Å²) >= 11 is 11.8. The first-order valence-corrected chi connectivity index (χ1v) is 9.39. The molecule has 0 aromatic heterocycles. The summed E-state index contributed by atoms with van der Waals surface area (Å²) in [6.07, 6.45) is 0.806. The molecule has 0 heterocycles. The smallest absolute Gasteiger partial charge is 0.338 e. The van der Waals surface area contributed by atoms with Crippen LogP contribution in [0, 0.1) is 0 Å². The number of methoxy groups -OCH3 is 1. The Bertz CT molecular complexity index is 796. The van der Waals surface area contributed by atoms with E-state index in [4.69, 9.17) is 37.4 Å². The number of ether oxygens (including phenoxy) is 3. The van der Waals surface area contributed by atoms with E-state index in [0.29, 0.717) is 46.7 Å². The molecule has 0 saturated heterocycles. The first kappa shape index (κ1) is 22.0. The number of hydrogen-bond donors (Lipinski definition) is 1. The number of carbonyl (C=O) groups excluding carboxylic acids is 2. The number of esters is 1. The quantitative estimate of drug-likeness (QED) is 0.444. The maximum absolute atomic E-state index is 12.0. The fraction of sp³-hybridized carbons (Fsp3) is 0.300. The van der Waals surface area contributed by atoms with Gasteiger partial charge in [0.2, 0.25) is 5.91 Å². The Balaban J connectivity index is 1.71. The van der Waals surface area contributed by atoms with Gasteiger partial charge in [0.1, 0.15) is 12.4 Å². The maximum atomic E-state index is 12.0. The molecule has 0 atom stereocenters. The molecule has 2 rings (SSSR count). The maximum Gasteiger partial charge on any atom is 0.338 e. The molecule has 0 aliphatic rings. The standard InChI is InChI=1S/C20H21Cl2NO5/c1-26-11-12-28-20(25)14-4-7-16(8-5-14)23-19(24)3-2-10-27-18-9-6-15(21)13-17(18)22/h4-9,13H,2-3,10-12H2,1H3,(H,23,24). The van der Waals surface area contributed by atoms with Crippen LogP contribution in [-0.2, 0) is 14.3 Å². The molecule has 0 aliphatic carbocycles. The minimum atomic E-state index is -0.437. The molecule has 0 radical (unpaired) electrons. The molecule has 2 aromatic rings. The third-order valence-electron chi connectivity index (χ3n) is 3.62. The largest absolute Gasteiger partial charge is 0.492 e. The number of nitrogens with one attached hydrogen (secondary N) is 1. The molecule has 28 heavy (non-hydrogen) atoms. The van der Waals surface area contributed by atoms with E-state index < -0.39 is 5.97 Å². The van der Waals surface area contributed by atoms with Crippen LogP contribution in [0.3, 0.4) is 0 Å². The first-order valence-electron chi connectivity index (χ1n) is 8.63. The van der Waals surface area contributed by atoms with E-state index in [-0.39, 0.29) is 18.9 Å². The summed E-state index contributed by atoms with van der Waals surface area (Å²) in [5.41, 5.74) is 1.00. The third-order valence-corrected chi connectivity index (χ3v) is 4.16. The average molecular weight is 426 g/mol. The van der Waals surface area contributed by atoms with Crippen molar-refractivity contribution in [1.29, 1.82) is 0 Å². The van der Waals surface area contributed by atoms with Crippen molar-refractivity contribution in [2.45, 2.75) is 12.8 Å². The summed E-state index contributed by atoms with van der Waals surface area (Å²) in [4.78, 5) is 23.8. The second-order valence-corrected chi connectivity index (χ2v) is 6.62.